The monoisotopic (exact) mass is 226 g/mol. The van der Waals surface area contributed by atoms with E-state index in [9.17, 15) is 4.79 Å². The lowest BCUT2D eigenvalue weighted by atomic mass is 10.0. The first-order valence-electron chi connectivity index (χ1n) is 6.77. The van der Waals surface area contributed by atoms with Gasteiger partial charge in [0.2, 0.25) is 5.91 Å². The summed E-state index contributed by atoms with van der Waals surface area (Å²) in [6.45, 7) is 10.2. The second-order valence-electron chi connectivity index (χ2n) is 4.48. The number of carbonyl (C=O) groups is 1. The number of likely N-dealkylation sites (tertiary alicyclic amines) is 2. The van der Waals surface area contributed by atoms with Crippen molar-refractivity contribution in [3.8, 4) is 0 Å². The van der Waals surface area contributed by atoms with E-state index in [1.165, 1.54) is 38.8 Å². The molecule has 0 aliphatic carbocycles. The molecule has 0 radical (unpaired) electrons. The Balaban J connectivity index is 0.000000606. The molecule has 2 heterocycles. The van der Waals surface area contributed by atoms with E-state index in [0.717, 1.165) is 19.1 Å². The highest BCUT2D eigenvalue weighted by Crippen LogP contribution is 2.20. The number of nitrogens with zero attached hydrogens (tertiary/aromatic N) is 2. The molecular weight excluding hydrogens is 200 g/mol. The third-order valence-corrected chi connectivity index (χ3v) is 3.57. The Bertz CT molecular complexity index is 204. The molecule has 0 unspecified atom stereocenters. The summed E-state index contributed by atoms with van der Waals surface area (Å²) in [6, 6.07) is 0.758. The maximum atomic E-state index is 11.1. The summed E-state index contributed by atoms with van der Waals surface area (Å²) in [5, 5.41) is 0. The highest BCUT2D eigenvalue weighted by Gasteiger charge is 2.26. The Morgan fingerprint density at radius 1 is 1.00 bits per heavy atom. The van der Waals surface area contributed by atoms with Gasteiger partial charge in [-0.15, -0.1) is 0 Å². The molecule has 0 bridgehead atoms. The summed E-state index contributed by atoms with van der Waals surface area (Å²) in [7, 11) is 0. The molecule has 0 spiro atoms. The van der Waals surface area contributed by atoms with E-state index in [2.05, 4.69) is 4.90 Å². The molecule has 0 aromatic heterocycles. The van der Waals surface area contributed by atoms with Crippen LogP contribution in [0.4, 0.5) is 0 Å². The zero-order valence-electron chi connectivity index (χ0n) is 11.0. The van der Waals surface area contributed by atoms with Crippen LogP contribution in [-0.2, 0) is 4.79 Å². The molecular formula is C13H26N2O. The number of piperidine rings is 1. The third-order valence-electron chi connectivity index (χ3n) is 3.57. The fourth-order valence-corrected chi connectivity index (χ4v) is 2.65. The highest BCUT2D eigenvalue weighted by atomic mass is 16.2. The minimum absolute atomic E-state index is 0.241. The molecule has 0 aromatic carbocycles. The van der Waals surface area contributed by atoms with Gasteiger partial charge in [-0.05, 0) is 38.8 Å². The maximum Gasteiger partial charge on any atom is 0.219 e. The summed E-state index contributed by atoms with van der Waals surface area (Å²) >= 11 is 0. The quantitative estimate of drug-likeness (QED) is 0.684. The number of rotatable bonds is 1. The van der Waals surface area contributed by atoms with Crippen LogP contribution in [-0.4, -0.2) is 47.9 Å². The van der Waals surface area contributed by atoms with Crippen molar-refractivity contribution in [2.24, 2.45) is 0 Å². The fourth-order valence-electron chi connectivity index (χ4n) is 2.65. The normalized spacial score (nSPS) is 22.8. The molecule has 0 saturated carbocycles. The van der Waals surface area contributed by atoms with Crippen LogP contribution in [0.25, 0.3) is 0 Å². The van der Waals surface area contributed by atoms with Gasteiger partial charge < -0.3 is 9.80 Å². The minimum Gasteiger partial charge on any atom is -0.343 e. The van der Waals surface area contributed by atoms with Gasteiger partial charge in [-0.1, -0.05) is 13.8 Å². The average molecular weight is 226 g/mol. The second-order valence-corrected chi connectivity index (χ2v) is 4.48. The van der Waals surface area contributed by atoms with Gasteiger partial charge >= 0.3 is 0 Å². The van der Waals surface area contributed by atoms with Crippen LogP contribution in [0, 0.1) is 0 Å². The fraction of sp³-hybridized carbons (Fsp3) is 0.923. The van der Waals surface area contributed by atoms with Crippen LogP contribution in [0.2, 0.25) is 0 Å². The Morgan fingerprint density at radius 3 is 1.94 bits per heavy atom. The predicted octanol–water partition coefficient (Wildman–Crippen LogP) is 2.12. The van der Waals surface area contributed by atoms with E-state index in [-0.39, 0.29) is 5.91 Å². The van der Waals surface area contributed by atoms with Crippen LogP contribution >= 0.6 is 0 Å². The van der Waals surface area contributed by atoms with Gasteiger partial charge in [-0.2, -0.15) is 0 Å². The van der Waals surface area contributed by atoms with E-state index in [1.54, 1.807) is 6.92 Å². The Labute approximate surface area is 99.8 Å². The van der Waals surface area contributed by atoms with Gasteiger partial charge in [0.15, 0.2) is 0 Å². The largest absolute Gasteiger partial charge is 0.343 e. The highest BCUT2D eigenvalue weighted by molar-refractivity contribution is 5.73. The molecule has 0 atom stereocenters. The van der Waals surface area contributed by atoms with Crippen LogP contribution in [0.1, 0.15) is 46.5 Å². The molecule has 2 fully saturated rings. The van der Waals surface area contributed by atoms with Crippen LogP contribution < -0.4 is 0 Å². The first-order valence-corrected chi connectivity index (χ1v) is 6.77. The standard InChI is InChI=1S/C11H20N2O.C2H6/c1-10(14)12-8-4-11(5-9-12)13-6-2-3-7-13;1-2/h11H,2-9H2,1H3;1-2H3. The molecule has 0 N–H and O–H groups in total. The summed E-state index contributed by atoms with van der Waals surface area (Å²) in [5.74, 6) is 0.241. The van der Waals surface area contributed by atoms with Crippen molar-refractivity contribution in [2.75, 3.05) is 26.2 Å². The first kappa shape index (κ1) is 13.5. The van der Waals surface area contributed by atoms with Gasteiger partial charge in [0.1, 0.15) is 0 Å². The van der Waals surface area contributed by atoms with Crippen LogP contribution in [0.3, 0.4) is 0 Å². The molecule has 1 amide bonds. The molecule has 3 heteroatoms. The molecule has 94 valence electrons. The van der Waals surface area contributed by atoms with Crippen molar-refractivity contribution in [1.29, 1.82) is 0 Å². The number of hydrogen-bond acceptors (Lipinski definition) is 2. The van der Waals surface area contributed by atoms with E-state index < -0.39 is 0 Å². The van der Waals surface area contributed by atoms with Gasteiger partial charge in [0.05, 0.1) is 0 Å². The third kappa shape index (κ3) is 3.48. The van der Waals surface area contributed by atoms with E-state index in [1.807, 2.05) is 18.7 Å². The van der Waals surface area contributed by atoms with E-state index in [0.29, 0.717) is 0 Å². The molecule has 2 saturated heterocycles. The van der Waals surface area contributed by atoms with E-state index in [4.69, 9.17) is 0 Å². The topological polar surface area (TPSA) is 23.6 Å². The zero-order valence-corrected chi connectivity index (χ0v) is 11.0. The lowest BCUT2D eigenvalue weighted by molar-refractivity contribution is -0.130. The smallest absolute Gasteiger partial charge is 0.219 e. The van der Waals surface area contributed by atoms with Gasteiger partial charge in [-0.3, -0.25) is 4.79 Å². The van der Waals surface area contributed by atoms with Crippen molar-refractivity contribution < 1.29 is 4.79 Å². The number of amides is 1. The molecule has 2 aliphatic heterocycles. The first-order chi connectivity index (χ1) is 7.77. The zero-order chi connectivity index (χ0) is 12.0. The summed E-state index contributed by atoms with van der Waals surface area (Å²) < 4.78 is 0. The Morgan fingerprint density at radius 2 is 1.50 bits per heavy atom. The molecule has 0 aromatic rings. The summed E-state index contributed by atoms with van der Waals surface area (Å²) in [4.78, 5) is 15.7. The summed E-state index contributed by atoms with van der Waals surface area (Å²) in [6.07, 6.45) is 5.10. The van der Waals surface area contributed by atoms with Crippen LogP contribution in [0.5, 0.6) is 0 Å². The molecule has 2 aliphatic rings. The molecule has 2 rings (SSSR count). The molecule has 3 nitrogen and oxygen atoms in total. The Kier molecular flexibility index (Phi) is 5.81. The second kappa shape index (κ2) is 6.89. The van der Waals surface area contributed by atoms with Gasteiger partial charge in [-0.25, -0.2) is 0 Å². The number of carbonyl (C=O) groups excluding carboxylic acids is 1. The van der Waals surface area contributed by atoms with Gasteiger partial charge in [0.25, 0.3) is 0 Å². The predicted molar refractivity (Wildman–Crippen MR) is 67.4 cm³/mol. The SMILES string of the molecule is CC.CC(=O)N1CCC(N2CCCC2)CC1. The van der Waals surface area contributed by atoms with Crippen molar-refractivity contribution >= 4 is 5.91 Å². The number of hydrogen-bond donors (Lipinski definition) is 0. The average Bonchev–Trinajstić information content (AvgIpc) is 2.85. The lowest BCUT2D eigenvalue weighted by Gasteiger charge is -2.36. The summed E-state index contributed by atoms with van der Waals surface area (Å²) in [5.41, 5.74) is 0. The van der Waals surface area contributed by atoms with Crippen molar-refractivity contribution in [1.82, 2.24) is 9.80 Å². The maximum absolute atomic E-state index is 11.1. The minimum atomic E-state index is 0.241. The van der Waals surface area contributed by atoms with Crippen LogP contribution in [0.15, 0.2) is 0 Å². The van der Waals surface area contributed by atoms with Gasteiger partial charge in [0, 0.05) is 26.1 Å². The Hall–Kier alpha value is -0.570. The van der Waals surface area contributed by atoms with Crippen molar-refractivity contribution in [2.45, 2.75) is 52.5 Å². The van der Waals surface area contributed by atoms with E-state index >= 15 is 0 Å². The van der Waals surface area contributed by atoms with Crippen molar-refractivity contribution in [3.05, 3.63) is 0 Å². The molecule has 16 heavy (non-hydrogen) atoms. The van der Waals surface area contributed by atoms with Crippen molar-refractivity contribution in [3.63, 3.8) is 0 Å². The lowest BCUT2D eigenvalue weighted by Crippen LogP contribution is -2.45.